The number of nitrogens with two attached hydrogens (primary N) is 2. The molecule has 12 nitrogen and oxygen atoms in total. The molecule has 6 rings (SSSR count). The van der Waals surface area contributed by atoms with Gasteiger partial charge in [-0.3, -0.25) is 9.11 Å². The first-order chi connectivity index (χ1) is 22.7. The normalized spacial score (nSPS) is 16.9. The van der Waals surface area contributed by atoms with Crippen LogP contribution in [0.5, 0.6) is 0 Å². The molecule has 0 saturated heterocycles. The third kappa shape index (κ3) is 6.33. The first-order valence-corrected chi connectivity index (χ1v) is 17.5. The van der Waals surface area contributed by atoms with Crippen LogP contribution in [0, 0.1) is 19.8 Å². The molecule has 0 aliphatic heterocycles. The van der Waals surface area contributed by atoms with E-state index in [-0.39, 0.29) is 38.0 Å². The summed E-state index contributed by atoms with van der Waals surface area (Å²) in [5.74, 6) is -0.581. The van der Waals surface area contributed by atoms with Crippen LogP contribution in [0.25, 0.3) is 21.9 Å². The molecule has 0 radical (unpaired) electrons. The van der Waals surface area contributed by atoms with Gasteiger partial charge < -0.3 is 11.5 Å². The maximum absolute atomic E-state index is 12.1. The molecular weight excluding hydrogens is 653 g/mol. The molecule has 2 aliphatic carbocycles. The first kappa shape index (κ1) is 32.7. The van der Waals surface area contributed by atoms with Crippen molar-refractivity contribution in [3.63, 3.8) is 0 Å². The van der Waals surface area contributed by atoms with Crippen LogP contribution in [-0.2, 0) is 20.2 Å². The summed E-state index contributed by atoms with van der Waals surface area (Å²) in [4.78, 5) is -0.493. The van der Waals surface area contributed by atoms with Gasteiger partial charge in [-0.05, 0) is 78.4 Å². The minimum atomic E-state index is -4.56. The maximum atomic E-state index is 12.1. The lowest BCUT2D eigenvalue weighted by Gasteiger charge is -2.27. The van der Waals surface area contributed by atoms with Crippen molar-refractivity contribution in [2.45, 2.75) is 25.2 Å². The van der Waals surface area contributed by atoms with Gasteiger partial charge in [0.25, 0.3) is 20.2 Å². The van der Waals surface area contributed by atoms with Gasteiger partial charge in [0.1, 0.15) is 16.3 Å². The molecule has 244 valence electrons. The quantitative estimate of drug-likeness (QED) is 0.0852. The highest BCUT2D eigenvalue weighted by Gasteiger charge is 2.34. The van der Waals surface area contributed by atoms with Gasteiger partial charge in [-0.2, -0.15) is 27.1 Å². The highest BCUT2D eigenvalue weighted by molar-refractivity contribution is 7.89. The number of hydrogen-bond donors (Lipinski definition) is 4. The number of nitrogens with zero attached hydrogens (tertiary/aromatic N) is 4. The maximum Gasteiger partial charge on any atom is 0.295 e. The number of hydrogen-bond acceptors (Lipinski definition) is 10. The van der Waals surface area contributed by atoms with Crippen LogP contribution < -0.4 is 11.5 Å². The van der Waals surface area contributed by atoms with Crippen molar-refractivity contribution in [2.75, 3.05) is 5.73 Å². The van der Waals surface area contributed by atoms with Crippen LogP contribution in [0.4, 0.5) is 22.7 Å². The van der Waals surface area contributed by atoms with E-state index in [9.17, 15) is 25.9 Å². The third-order valence-electron chi connectivity index (χ3n) is 8.24. The van der Waals surface area contributed by atoms with Crippen molar-refractivity contribution in [2.24, 2.45) is 32.1 Å². The van der Waals surface area contributed by atoms with Gasteiger partial charge in [-0.25, -0.2) is 0 Å². The number of anilines is 1. The minimum absolute atomic E-state index is 0.0933. The van der Waals surface area contributed by atoms with E-state index >= 15 is 0 Å². The second-order valence-electron chi connectivity index (χ2n) is 11.4. The van der Waals surface area contributed by atoms with Crippen LogP contribution in [0.2, 0.25) is 0 Å². The van der Waals surface area contributed by atoms with Gasteiger partial charge in [0, 0.05) is 16.7 Å². The highest BCUT2D eigenvalue weighted by atomic mass is 32.2. The molecule has 1 unspecified atom stereocenters. The topological polar surface area (TPSA) is 210 Å². The van der Waals surface area contributed by atoms with Crippen molar-refractivity contribution in [1.82, 2.24) is 0 Å². The monoisotopic (exact) mass is 682 g/mol. The van der Waals surface area contributed by atoms with Gasteiger partial charge in [-0.1, -0.05) is 60.7 Å². The summed E-state index contributed by atoms with van der Waals surface area (Å²) < 4.78 is 68.1. The third-order valence-corrected chi connectivity index (χ3v) is 10.1. The Balaban J connectivity index is 1.30. The van der Waals surface area contributed by atoms with E-state index in [0.29, 0.717) is 28.8 Å². The summed E-state index contributed by atoms with van der Waals surface area (Å²) in [6.45, 7) is 3.71. The van der Waals surface area contributed by atoms with Crippen molar-refractivity contribution in [3.05, 3.63) is 124 Å². The van der Waals surface area contributed by atoms with Gasteiger partial charge in [0.15, 0.2) is 0 Å². The standard InChI is InChI=1S/C34H30N6O6S2/c1-19-11-12-22(16-28(19)38-40-30-18-32(48(44,45)46)24-8-4-6-10-26(24)34(30)36)21-13-14-27(20(2)15-21)37-39-29-17-31(47(41,42)43)23-7-3-5-9-25(23)33(29)35/h3-6,8-18,23H,7,35-36H2,1-2H3,(H,41,42,43)(H,44,45,46)/b39-37+,40-38+. The highest BCUT2D eigenvalue weighted by Crippen LogP contribution is 2.40. The molecule has 14 heteroatoms. The summed E-state index contributed by atoms with van der Waals surface area (Å²) in [7, 11) is -9.04. The van der Waals surface area contributed by atoms with Gasteiger partial charge >= 0.3 is 0 Å². The van der Waals surface area contributed by atoms with E-state index in [1.54, 1.807) is 48.6 Å². The second kappa shape index (κ2) is 12.4. The Hall–Kier alpha value is -5.28. The van der Waals surface area contributed by atoms with Crippen LogP contribution >= 0.6 is 0 Å². The molecule has 0 fully saturated rings. The molecule has 0 saturated carbocycles. The van der Waals surface area contributed by atoms with Crippen molar-refractivity contribution >= 4 is 53.8 Å². The average molecular weight is 683 g/mol. The predicted molar refractivity (Wildman–Crippen MR) is 184 cm³/mol. The van der Waals surface area contributed by atoms with Crippen molar-refractivity contribution < 1.29 is 25.9 Å². The lowest BCUT2D eigenvalue weighted by atomic mass is 9.85. The van der Waals surface area contributed by atoms with Gasteiger partial charge in [-0.15, -0.1) is 10.2 Å². The zero-order chi connectivity index (χ0) is 34.4. The molecule has 6 N–H and O–H groups in total. The number of azo groups is 2. The number of rotatable bonds is 7. The van der Waals surface area contributed by atoms with E-state index < -0.39 is 26.2 Å². The molecule has 48 heavy (non-hydrogen) atoms. The Labute approximate surface area is 277 Å². The summed E-state index contributed by atoms with van der Waals surface area (Å²) in [5, 5.41) is 17.9. The van der Waals surface area contributed by atoms with E-state index in [2.05, 4.69) is 20.5 Å². The lowest BCUT2D eigenvalue weighted by molar-refractivity contribution is 0.482. The Kier molecular flexibility index (Phi) is 8.43. The fraction of sp³-hybridized carbons (Fsp3) is 0.118. The summed E-state index contributed by atoms with van der Waals surface area (Å²) in [6.07, 6.45) is 6.94. The molecule has 1 atom stereocenters. The van der Waals surface area contributed by atoms with Crippen molar-refractivity contribution in [1.29, 1.82) is 0 Å². The molecule has 0 heterocycles. The zero-order valence-electron chi connectivity index (χ0n) is 25.7. The van der Waals surface area contributed by atoms with Gasteiger partial charge in [0.2, 0.25) is 0 Å². The smallest absolute Gasteiger partial charge is 0.295 e. The van der Waals surface area contributed by atoms with Crippen molar-refractivity contribution in [3.8, 4) is 11.1 Å². The number of fused-ring (bicyclic) bond motifs is 2. The fourth-order valence-corrected chi connectivity index (χ4v) is 7.24. The molecule has 0 amide bonds. The molecule has 0 aromatic heterocycles. The zero-order valence-corrected chi connectivity index (χ0v) is 27.4. The number of nitrogen functional groups attached to an aromatic ring is 1. The summed E-state index contributed by atoms with van der Waals surface area (Å²) in [6, 6.07) is 18.9. The largest absolute Gasteiger partial charge is 0.397 e. The molecule has 0 spiro atoms. The molecule has 0 bridgehead atoms. The van der Waals surface area contributed by atoms with Crippen LogP contribution in [-0.4, -0.2) is 25.9 Å². The Morgan fingerprint density at radius 2 is 1.40 bits per heavy atom. The first-order valence-electron chi connectivity index (χ1n) is 14.6. The number of allylic oxidation sites excluding steroid dienone is 6. The Morgan fingerprint density at radius 1 is 0.729 bits per heavy atom. The van der Waals surface area contributed by atoms with E-state index in [0.717, 1.165) is 22.3 Å². The number of benzene rings is 4. The Morgan fingerprint density at radius 3 is 2.10 bits per heavy atom. The number of aryl methyl sites for hydroxylation is 2. The molecule has 4 aromatic rings. The molecule has 4 aromatic carbocycles. The fourth-order valence-electron chi connectivity index (χ4n) is 5.68. The van der Waals surface area contributed by atoms with Crippen LogP contribution in [0.15, 0.2) is 138 Å². The van der Waals surface area contributed by atoms with E-state index in [1.807, 2.05) is 44.2 Å². The minimum Gasteiger partial charge on any atom is -0.397 e. The Bertz CT molecular complexity index is 2430. The summed E-state index contributed by atoms with van der Waals surface area (Å²) >= 11 is 0. The molecular formula is C34H30N6O6S2. The average Bonchev–Trinajstić information content (AvgIpc) is 3.04. The predicted octanol–water partition coefficient (Wildman–Crippen LogP) is 7.91. The van der Waals surface area contributed by atoms with E-state index in [4.69, 9.17) is 11.5 Å². The molecule has 2 aliphatic rings. The SMILES string of the molecule is Cc1cc(-c2ccc(C)c(/N=N/c3cc(S(=O)(=O)O)c4ccccc4c3N)c2)ccc1/N=N/C1=C(N)C2=CC=CCC2C(S(=O)(=O)O)=C1. The van der Waals surface area contributed by atoms with Crippen LogP contribution in [0.1, 0.15) is 17.5 Å². The second-order valence-corrected chi connectivity index (χ2v) is 14.2. The van der Waals surface area contributed by atoms with Gasteiger partial charge in [0.05, 0.1) is 27.7 Å². The lowest BCUT2D eigenvalue weighted by Crippen LogP contribution is -2.24. The summed E-state index contributed by atoms with van der Waals surface area (Å²) in [5.41, 5.74) is 18.2. The van der Waals surface area contributed by atoms with E-state index in [1.165, 1.54) is 12.1 Å². The van der Waals surface area contributed by atoms with Crippen LogP contribution in [0.3, 0.4) is 0 Å².